The third kappa shape index (κ3) is 14.7. The molecule has 0 radical (unpaired) electrons. The van der Waals surface area contributed by atoms with Crippen molar-refractivity contribution >= 4 is 5.97 Å². The number of esters is 1. The quantitative estimate of drug-likeness (QED) is 0.245. The Balaban J connectivity index is 3.36. The normalized spacial score (nSPS) is 11.9. The van der Waals surface area contributed by atoms with Gasteiger partial charge in [-0.2, -0.15) is 0 Å². The predicted molar refractivity (Wildman–Crippen MR) is 77.4 cm³/mol. The molecule has 0 bridgehead atoms. The van der Waals surface area contributed by atoms with Gasteiger partial charge in [0.05, 0.1) is 6.61 Å². The Bertz CT molecular complexity index is 275. The molecule has 0 fully saturated rings. The van der Waals surface area contributed by atoms with Gasteiger partial charge < -0.3 is 4.74 Å². The Morgan fingerprint density at radius 3 is 2.50 bits per heavy atom. The van der Waals surface area contributed by atoms with Gasteiger partial charge in [0.2, 0.25) is 0 Å². The largest absolute Gasteiger partial charge is 0.466 e. The minimum absolute atomic E-state index is 0.216. The summed E-state index contributed by atoms with van der Waals surface area (Å²) in [7, 11) is 0. The summed E-state index contributed by atoms with van der Waals surface area (Å²) in [5.41, 5.74) is 0. The minimum atomic E-state index is -0.216. The van der Waals surface area contributed by atoms with Gasteiger partial charge in [0, 0.05) is 6.92 Å². The first-order valence-electron chi connectivity index (χ1n) is 6.87. The van der Waals surface area contributed by atoms with Gasteiger partial charge in [-0.25, -0.2) is 0 Å². The van der Waals surface area contributed by atoms with Crippen LogP contribution in [0.1, 0.15) is 52.4 Å². The monoisotopic (exact) mass is 250 g/mol. The summed E-state index contributed by atoms with van der Waals surface area (Å²) in [5, 5.41) is 0. The number of unbranched alkanes of at least 4 members (excludes halogenated alkanes) is 3. The third-order valence-corrected chi connectivity index (χ3v) is 2.39. The molecule has 0 aromatic rings. The van der Waals surface area contributed by atoms with Crippen LogP contribution < -0.4 is 0 Å². The maximum atomic E-state index is 10.5. The van der Waals surface area contributed by atoms with E-state index in [1.165, 1.54) is 32.6 Å². The van der Waals surface area contributed by atoms with Gasteiger partial charge in [-0.05, 0) is 25.7 Å². The lowest BCUT2D eigenvalue weighted by Gasteiger charge is -1.95. The summed E-state index contributed by atoms with van der Waals surface area (Å²) < 4.78 is 4.81. The first-order valence-corrected chi connectivity index (χ1v) is 6.87. The minimum Gasteiger partial charge on any atom is -0.466 e. The molecule has 0 unspecified atom stereocenters. The van der Waals surface area contributed by atoms with Gasteiger partial charge in [-0.3, -0.25) is 4.79 Å². The Hall–Kier alpha value is -1.31. The number of rotatable bonds is 10. The molecule has 0 saturated carbocycles. The third-order valence-electron chi connectivity index (χ3n) is 2.39. The maximum absolute atomic E-state index is 10.5. The number of carbonyl (C=O) groups is 1. The molecule has 0 atom stereocenters. The molecule has 0 saturated heterocycles. The predicted octanol–water partition coefficient (Wildman–Crippen LogP) is 4.58. The van der Waals surface area contributed by atoms with Crippen LogP contribution in [-0.2, 0) is 9.53 Å². The van der Waals surface area contributed by atoms with Gasteiger partial charge in [0.15, 0.2) is 0 Å². The highest BCUT2D eigenvalue weighted by Gasteiger charge is 1.87. The molecule has 2 nitrogen and oxygen atoms in total. The second-order valence-corrected chi connectivity index (χ2v) is 4.19. The van der Waals surface area contributed by atoms with Crippen molar-refractivity contribution in [2.24, 2.45) is 0 Å². The molecule has 0 heterocycles. The molecule has 102 valence electrons. The van der Waals surface area contributed by atoms with Crippen molar-refractivity contribution in [3.05, 3.63) is 36.5 Å². The van der Waals surface area contributed by atoms with Crippen LogP contribution in [0.25, 0.3) is 0 Å². The van der Waals surface area contributed by atoms with Gasteiger partial charge in [0.1, 0.15) is 0 Å². The molecule has 0 aromatic heterocycles. The SMILES string of the molecule is CCCCC/C=C/C/C=C/C=C/CCOC(C)=O. The van der Waals surface area contributed by atoms with Gasteiger partial charge in [0.25, 0.3) is 0 Å². The highest BCUT2D eigenvalue weighted by atomic mass is 16.5. The number of ether oxygens (including phenoxy) is 1. The van der Waals surface area contributed by atoms with Crippen LogP contribution in [0, 0.1) is 0 Å². The standard InChI is InChI=1S/C16H26O2/c1-3-4-5-6-7-8-9-10-11-12-13-14-15-18-16(2)17/h7-8,10-13H,3-6,9,14-15H2,1-2H3/b8-7+,11-10+,13-12+. The second kappa shape index (κ2) is 13.8. The van der Waals surface area contributed by atoms with Crippen molar-refractivity contribution in [2.45, 2.75) is 52.4 Å². The van der Waals surface area contributed by atoms with E-state index >= 15 is 0 Å². The summed E-state index contributed by atoms with van der Waals surface area (Å²) in [6.45, 7) is 4.12. The fourth-order valence-electron chi connectivity index (χ4n) is 1.41. The molecule has 0 amide bonds. The first-order chi connectivity index (χ1) is 8.77. The highest BCUT2D eigenvalue weighted by Crippen LogP contribution is 2.00. The van der Waals surface area contributed by atoms with Crippen LogP contribution in [0.4, 0.5) is 0 Å². The molecular weight excluding hydrogens is 224 g/mol. The van der Waals surface area contributed by atoms with E-state index < -0.39 is 0 Å². The van der Waals surface area contributed by atoms with Crippen molar-refractivity contribution in [1.82, 2.24) is 0 Å². The van der Waals surface area contributed by atoms with E-state index in [1.54, 1.807) is 0 Å². The van der Waals surface area contributed by atoms with Crippen LogP contribution >= 0.6 is 0 Å². The molecule has 0 rings (SSSR count). The van der Waals surface area contributed by atoms with E-state index in [2.05, 4.69) is 25.2 Å². The highest BCUT2D eigenvalue weighted by molar-refractivity contribution is 5.65. The van der Waals surface area contributed by atoms with E-state index in [-0.39, 0.29) is 5.97 Å². The van der Waals surface area contributed by atoms with Crippen LogP contribution in [0.3, 0.4) is 0 Å². The smallest absolute Gasteiger partial charge is 0.302 e. The molecule has 0 N–H and O–H groups in total. The number of hydrogen-bond acceptors (Lipinski definition) is 2. The molecule has 0 spiro atoms. The van der Waals surface area contributed by atoms with Crippen LogP contribution in [-0.4, -0.2) is 12.6 Å². The van der Waals surface area contributed by atoms with Gasteiger partial charge in [-0.15, -0.1) is 0 Å². The zero-order valence-electron chi connectivity index (χ0n) is 11.7. The summed E-state index contributed by atoms with van der Waals surface area (Å²) in [5.74, 6) is -0.216. The summed E-state index contributed by atoms with van der Waals surface area (Å²) in [6, 6.07) is 0. The van der Waals surface area contributed by atoms with Gasteiger partial charge >= 0.3 is 5.97 Å². The topological polar surface area (TPSA) is 26.3 Å². The van der Waals surface area contributed by atoms with E-state index in [0.29, 0.717) is 6.61 Å². The maximum Gasteiger partial charge on any atom is 0.302 e. The van der Waals surface area contributed by atoms with E-state index in [9.17, 15) is 4.79 Å². The Morgan fingerprint density at radius 1 is 1.00 bits per heavy atom. The molecule has 18 heavy (non-hydrogen) atoms. The van der Waals surface area contributed by atoms with Crippen LogP contribution in [0.5, 0.6) is 0 Å². The number of hydrogen-bond donors (Lipinski definition) is 0. The Labute approximate surface area is 111 Å². The van der Waals surface area contributed by atoms with E-state index in [0.717, 1.165) is 12.8 Å². The Morgan fingerprint density at radius 2 is 1.78 bits per heavy atom. The molecular formula is C16H26O2. The van der Waals surface area contributed by atoms with Crippen molar-refractivity contribution < 1.29 is 9.53 Å². The first kappa shape index (κ1) is 16.7. The zero-order valence-corrected chi connectivity index (χ0v) is 11.7. The lowest BCUT2D eigenvalue weighted by Crippen LogP contribution is -1.98. The number of allylic oxidation sites excluding steroid dienone is 5. The fourth-order valence-corrected chi connectivity index (χ4v) is 1.41. The average molecular weight is 250 g/mol. The lowest BCUT2D eigenvalue weighted by molar-refractivity contribution is -0.140. The molecule has 0 aliphatic carbocycles. The fraction of sp³-hybridized carbons (Fsp3) is 0.562. The van der Waals surface area contributed by atoms with Crippen molar-refractivity contribution in [1.29, 1.82) is 0 Å². The summed E-state index contributed by atoms with van der Waals surface area (Å²) in [6.07, 6.45) is 19.5. The van der Waals surface area contributed by atoms with Crippen LogP contribution in [0.15, 0.2) is 36.5 Å². The van der Waals surface area contributed by atoms with E-state index in [4.69, 9.17) is 4.74 Å². The zero-order chi connectivity index (χ0) is 13.5. The second-order valence-electron chi connectivity index (χ2n) is 4.19. The molecule has 2 heteroatoms. The molecule has 0 aliphatic heterocycles. The van der Waals surface area contributed by atoms with Crippen molar-refractivity contribution in [2.75, 3.05) is 6.61 Å². The Kier molecular flexibility index (Phi) is 12.8. The summed E-state index contributed by atoms with van der Waals surface area (Å²) in [4.78, 5) is 10.5. The van der Waals surface area contributed by atoms with Gasteiger partial charge in [-0.1, -0.05) is 56.2 Å². The van der Waals surface area contributed by atoms with Crippen molar-refractivity contribution in [3.63, 3.8) is 0 Å². The van der Waals surface area contributed by atoms with Crippen molar-refractivity contribution in [3.8, 4) is 0 Å². The van der Waals surface area contributed by atoms with Crippen LogP contribution in [0.2, 0.25) is 0 Å². The average Bonchev–Trinajstić information content (AvgIpc) is 2.34. The van der Waals surface area contributed by atoms with E-state index in [1.807, 2.05) is 18.2 Å². The number of carbonyl (C=O) groups excluding carboxylic acids is 1. The molecule has 0 aromatic carbocycles. The lowest BCUT2D eigenvalue weighted by atomic mass is 10.2. The summed E-state index contributed by atoms with van der Waals surface area (Å²) >= 11 is 0. The molecule has 0 aliphatic rings.